The lowest BCUT2D eigenvalue weighted by Crippen LogP contribution is -2.69. The van der Waals surface area contributed by atoms with Crippen LogP contribution in [0.2, 0.25) is 0 Å². The first-order valence-corrected chi connectivity index (χ1v) is 12.4. The number of aryl methyl sites for hydroxylation is 1. The zero-order valence-corrected chi connectivity index (χ0v) is 21.0. The summed E-state index contributed by atoms with van der Waals surface area (Å²) in [7, 11) is 3.23. The minimum absolute atomic E-state index is 0.00893. The van der Waals surface area contributed by atoms with Gasteiger partial charge in [-0.25, -0.2) is 10.4 Å². The number of nitrogens with zero attached hydrogens (tertiary/aromatic N) is 1. The number of methoxy groups -OCH3 is 2. The average molecular weight is 483 g/mol. The van der Waals surface area contributed by atoms with Crippen LogP contribution in [0.5, 0.6) is 11.5 Å². The molecule has 2 saturated heterocycles. The third kappa shape index (κ3) is 5.78. The Balaban J connectivity index is 1.46. The van der Waals surface area contributed by atoms with Gasteiger partial charge in [-0.05, 0) is 56.4 Å². The second-order valence-corrected chi connectivity index (χ2v) is 9.62. The molecule has 4 rings (SSSR count). The normalized spacial score (nSPS) is 26.0. The predicted octanol–water partition coefficient (Wildman–Crippen LogP) is 2.22. The fraction of sp³-hybridized carbons (Fsp3) is 0.519. The second kappa shape index (κ2) is 11.4. The lowest BCUT2D eigenvalue weighted by molar-refractivity contribution is -0.136. The lowest BCUT2D eigenvalue weighted by atomic mass is 9.92. The van der Waals surface area contributed by atoms with E-state index in [-0.39, 0.29) is 36.2 Å². The SMILES string of the molecule is COc1ccc(CC2NC(=O)C3C(C)NC([C@H](CCCc4ccccc4)[C@H](C)O)N3N2)cc1OC. The van der Waals surface area contributed by atoms with Gasteiger partial charge >= 0.3 is 0 Å². The van der Waals surface area contributed by atoms with Crippen molar-refractivity contribution in [1.29, 1.82) is 0 Å². The Morgan fingerprint density at radius 3 is 2.49 bits per heavy atom. The van der Waals surface area contributed by atoms with Crippen LogP contribution in [0.15, 0.2) is 48.5 Å². The number of aliphatic hydroxyl groups excluding tert-OH is 1. The molecule has 2 aromatic rings. The van der Waals surface area contributed by atoms with Crippen LogP contribution in [-0.4, -0.2) is 60.8 Å². The molecule has 4 unspecified atom stereocenters. The summed E-state index contributed by atoms with van der Waals surface area (Å²) in [5, 5.41) is 19.4. The summed E-state index contributed by atoms with van der Waals surface area (Å²) in [5.74, 6) is 1.30. The van der Waals surface area contributed by atoms with E-state index in [1.165, 1.54) is 5.56 Å². The van der Waals surface area contributed by atoms with E-state index in [1.54, 1.807) is 14.2 Å². The number of hydrazine groups is 1. The molecule has 0 saturated carbocycles. The van der Waals surface area contributed by atoms with E-state index in [0.717, 1.165) is 24.8 Å². The smallest absolute Gasteiger partial charge is 0.241 e. The molecule has 1 amide bonds. The van der Waals surface area contributed by atoms with Gasteiger partial charge in [-0.2, -0.15) is 0 Å². The Morgan fingerprint density at radius 2 is 1.80 bits per heavy atom. The van der Waals surface area contributed by atoms with Gasteiger partial charge in [0.1, 0.15) is 6.04 Å². The molecule has 0 radical (unpaired) electrons. The van der Waals surface area contributed by atoms with Gasteiger partial charge in [-0.1, -0.05) is 36.4 Å². The van der Waals surface area contributed by atoms with Crippen molar-refractivity contribution < 1.29 is 19.4 Å². The third-order valence-corrected chi connectivity index (χ3v) is 7.16. The van der Waals surface area contributed by atoms with Crippen molar-refractivity contribution in [3.8, 4) is 11.5 Å². The molecule has 6 atom stereocenters. The van der Waals surface area contributed by atoms with Crippen molar-refractivity contribution in [3.63, 3.8) is 0 Å². The van der Waals surface area contributed by atoms with Crippen LogP contribution < -0.4 is 25.5 Å². The standard InChI is InChI=1S/C27H38N4O4/c1-17-25-27(33)29-24(16-20-13-14-22(34-3)23(15-20)35-4)30-31(25)26(28-17)21(18(2)32)12-8-11-19-9-6-5-7-10-19/h5-7,9-10,13-15,17-18,21,24-26,28,30,32H,8,11-12,16H2,1-4H3,(H,29,33)/t17?,18-,21+,24?,25?,26?/m0/s1. The van der Waals surface area contributed by atoms with E-state index in [2.05, 4.69) is 40.3 Å². The van der Waals surface area contributed by atoms with Crippen LogP contribution in [-0.2, 0) is 17.6 Å². The highest BCUT2D eigenvalue weighted by molar-refractivity contribution is 5.84. The van der Waals surface area contributed by atoms with E-state index >= 15 is 0 Å². The number of hydrogen-bond acceptors (Lipinski definition) is 7. The highest BCUT2D eigenvalue weighted by Crippen LogP contribution is 2.30. The van der Waals surface area contributed by atoms with Gasteiger partial charge in [-0.3, -0.25) is 10.1 Å². The number of fused-ring (bicyclic) bond motifs is 1. The van der Waals surface area contributed by atoms with Crippen LogP contribution >= 0.6 is 0 Å². The largest absolute Gasteiger partial charge is 0.493 e. The van der Waals surface area contributed by atoms with E-state index < -0.39 is 6.10 Å². The molecule has 35 heavy (non-hydrogen) atoms. The second-order valence-electron chi connectivity index (χ2n) is 9.62. The van der Waals surface area contributed by atoms with E-state index in [9.17, 15) is 9.90 Å². The number of benzene rings is 2. The molecule has 0 bridgehead atoms. The summed E-state index contributed by atoms with van der Waals surface area (Å²) in [4.78, 5) is 13.1. The maximum absolute atomic E-state index is 13.1. The van der Waals surface area contributed by atoms with Crippen molar-refractivity contribution in [3.05, 3.63) is 59.7 Å². The van der Waals surface area contributed by atoms with Crippen molar-refractivity contribution >= 4 is 5.91 Å². The molecule has 0 aromatic heterocycles. The molecule has 2 heterocycles. The van der Waals surface area contributed by atoms with Gasteiger partial charge < -0.3 is 19.9 Å². The van der Waals surface area contributed by atoms with Crippen LogP contribution in [0, 0.1) is 5.92 Å². The van der Waals surface area contributed by atoms with Crippen LogP contribution in [0.25, 0.3) is 0 Å². The Hall–Kier alpha value is -2.65. The van der Waals surface area contributed by atoms with Crippen molar-refractivity contribution in [2.75, 3.05) is 14.2 Å². The number of ether oxygens (including phenoxy) is 2. The maximum Gasteiger partial charge on any atom is 0.241 e. The van der Waals surface area contributed by atoms with E-state index in [1.807, 2.05) is 43.1 Å². The first-order valence-electron chi connectivity index (χ1n) is 12.4. The minimum atomic E-state index is -0.509. The molecule has 2 aliphatic rings. The summed E-state index contributed by atoms with van der Waals surface area (Å²) < 4.78 is 10.8. The molecule has 2 aromatic carbocycles. The molecule has 0 spiro atoms. The number of rotatable bonds is 10. The molecule has 2 aliphatic heterocycles. The van der Waals surface area contributed by atoms with Crippen molar-refractivity contribution in [1.82, 2.24) is 21.1 Å². The third-order valence-electron chi connectivity index (χ3n) is 7.16. The summed E-state index contributed by atoms with van der Waals surface area (Å²) in [5.41, 5.74) is 5.86. The molecule has 2 fully saturated rings. The fourth-order valence-electron chi connectivity index (χ4n) is 5.36. The molecular formula is C27H38N4O4. The molecule has 190 valence electrons. The molecule has 8 heteroatoms. The highest BCUT2D eigenvalue weighted by atomic mass is 16.5. The average Bonchev–Trinajstić information content (AvgIpc) is 3.18. The summed E-state index contributed by atoms with van der Waals surface area (Å²) in [6, 6.07) is 15.8. The van der Waals surface area contributed by atoms with Crippen molar-refractivity contribution in [2.45, 2.75) is 70.0 Å². The Morgan fingerprint density at radius 1 is 1.06 bits per heavy atom. The van der Waals surface area contributed by atoms with Gasteiger partial charge in [0, 0.05) is 18.4 Å². The molecule has 8 nitrogen and oxygen atoms in total. The van der Waals surface area contributed by atoms with Crippen LogP contribution in [0.1, 0.15) is 37.8 Å². The first kappa shape index (κ1) is 25.4. The number of carbonyl (C=O) groups is 1. The number of nitrogens with one attached hydrogen (secondary N) is 3. The lowest BCUT2D eigenvalue weighted by Gasteiger charge is -2.41. The number of amides is 1. The fourth-order valence-corrected chi connectivity index (χ4v) is 5.36. The van der Waals surface area contributed by atoms with Gasteiger partial charge in [-0.15, -0.1) is 0 Å². The monoisotopic (exact) mass is 482 g/mol. The zero-order valence-electron chi connectivity index (χ0n) is 21.0. The van der Waals surface area contributed by atoms with Gasteiger partial charge in [0.2, 0.25) is 5.91 Å². The van der Waals surface area contributed by atoms with Gasteiger partial charge in [0.25, 0.3) is 0 Å². The predicted molar refractivity (Wildman–Crippen MR) is 135 cm³/mol. The first-order chi connectivity index (χ1) is 16.9. The Kier molecular flexibility index (Phi) is 8.28. The number of carbonyl (C=O) groups excluding carboxylic acids is 1. The number of aliphatic hydroxyl groups is 1. The van der Waals surface area contributed by atoms with Crippen LogP contribution in [0.4, 0.5) is 0 Å². The number of hydrogen-bond donors (Lipinski definition) is 4. The topological polar surface area (TPSA) is 95.1 Å². The highest BCUT2D eigenvalue weighted by Gasteiger charge is 2.49. The van der Waals surface area contributed by atoms with Crippen molar-refractivity contribution in [2.24, 2.45) is 5.92 Å². The van der Waals surface area contributed by atoms with Crippen LogP contribution in [0.3, 0.4) is 0 Å². The summed E-state index contributed by atoms with van der Waals surface area (Å²) >= 11 is 0. The zero-order chi connectivity index (χ0) is 24.9. The van der Waals surface area contributed by atoms with Gasteiger partial charge in [0.05, 0.1) is 32.7 Å². The maximum atomic E-state index is 13.1. The van der Waals surface area contributed by atoms with E-state index in [0.29, 0.717) is 17.9 Å². The van der Waals surface area contributed by atoms with E-state index in [4.69, 9.17) is 9.47 Å². The molecular weight excluding hydrogens is 444 g/mol. The molecule has 0 aliphatic carbocycles. The molecule has 4 N–H and O–H groups in total. The Labute approximate surface area is 208 Å². The summed E-state index contributed by atoms with van der Waals surface area (Å²) in [6.45, 7) is 3.87. The quantitative estimate of drug-likeness (QED) is 0.413. The summed E-state index contributed by atoms with van der Waals surface area (Å²) in [6.07, 6.45) is 2.44. The Bertz CT molecular complexity index is 986. The minimum Gasteiger partial charge on any atom is -0.493 e. The van der Waals surface area contributed by atoms with Gasteiger partial charge in [0.15, 0.2) is 11.5 Å².